The van der Waals surface area contributed by atoms with Crippen molar-refractivity contribution in [1.82, 2.24) is 9.88 Å². The van der Waals surface area contributed by atoms with Crippen LogP contribution in [0.5, 0.6) is 0 Å². The molecule has 0 radical (unpaired) electrons. The van der Waals surface area contributed by atoms with Crippen LogP contribution in [-0.2, 0) is 0 Å². The molecular formula is C21H25N3O2. The van der Waals surface area contributed by atoms with Gasteiger partial charge in [-0.05, 0) is 56.4 Å². The Kier molecular flexibility index (Phi) is 5.66. The number of anilines is 1. The smallest absolute Gasteiger partial charge is 0.274 e. The van der Waals surface area contributed by atoms with E-state index >= 15 is 0 Å². The summed E-state index contributed by atoms with van der Waals surface area (Å²) in [6, 6.07) is 11.1. The molecule has 26 heavy (non-hydrogen) atoms. The van der Waals surface area contributed by atoms with E-state index in [0.29, 0.717) is 5.56 Å². The largest absolute Gasteiger partial charge is 0.336 e. The van der Waals surface area contributed by atoms with Crippen molar-refractivity contribution in [1.29, 1.82) is 0 Å². The summed E-state index contributed by atoms with van der Waals surface area (Å²) in [6.45, 7) is 4.83. The molecule has 1 aliphatic heterocycles. The average molecular weight is 351 g/mol. The van der Waals surface area contributed by atoms with Gasteiger partial charge in [0.1, 0.15) is 5.69 Å². The summed E-state index contributed by atoms with van der Waals surface area (Å²) in [4.78, 5) is 31.6. The van der Waals surface area contributed by atoms with Gasteiger partial charge in [0, 0.05) is 30.0 Å². The molecule has 1 N–H and O–H groups in total. The van der Waals surface area contributed by atoms with Crippen LogP contribution in [0, 0.1) is 6.92 Å². The lowest BCUT2D eigenvalue weighted by Crippen LogP contribution is -2.43. The molecule has 1 atom stereocenters. The molecule has 2 amide bonds. The number of carbonyl (C=O) groups is 2. The lowest BCUT2D eigenvalue weighted by atomic mass is 9.99. The Hall–Kier alpha value is -2.69. The maximum Gasteiger partial charge on any atom is 0.274 e. The van der Waals surface area contributed by atoms with Gasteiger partial charge in [-0.15, -0.1) is 0 Å². The molecule has 2 aromatic rings. The number of hydrogen-bond acceptors (Lipinski definition) is 3. The van der Waals surface area contributed by atoms with E-state index in [4.69, 9.17) is 0 Å². The highest BCUT2D eigenvalue weighted by atomic mass is 16.2. The zero-order chi connectivity index (χ0) is 18.5. The second-order valence-electron chi connectivity index (χ2n) is 6.76. The van der Waals surface area contributed by atoms with E-state index < -0.39 is 0 Å². The Morgan fingerprint density at radius 3 is 2.81 bits per heavy atom. The lowest BCUT2D eigenvalue weighted by Gasteiger charge is -2.35. The molecule has 5 nitrogen and oxygen atoms in total. The van der Waals surface area contributed by atoms with E-state index in [-0.39, 0.29) is 23.6 Å². The van der Waals surface area contributed by atoms with E-state index in [2.05, 4.69) is 17.2 Å². The third-order valence-corrected chi connectivity index (χ3v) is 4.99. The number of nitrogens with one attached hydrogen (secondary N) is 1. The van der Waals surface area contributed by atoms with Gasteiger partial charge >= 0.3 is 0 Å². The van der Waals surface area contributed by atoms with Gasteiger partial charge < -0.3 is 10.2 Å². The van der Waals surface area contributed by atoms with Crippen LogP contribution >= 0.6 is 0 Å². The molecule has 2 heterocycles. The van der Waals surface area contributed by atoms with Gasteiger partial charge in [-0.1, -0.05) is 25.1 Å². The van der Waals surface area contributed by atoms with Crippen LogP contribution in [0.1, 0.15) is 59.0 Å². The van der Waals surface area contributed by atoms with Gasteiger partial charge in [0.2, 0.25) is 0 Å². The highest BCUT2D eigenvalue weighted by Gasteiger charge is 2.26. The van der Waals surface area contributed by atoms with Gasteiger partial charge in [-0.25, -0.2) is 0 Å². The maximum atomic E-state index is 12.9. The van der Waals surface area contributed by atoms with Crippen LogP contribution in [-0.4, -0.2) is 34.3 Å². The average Bonchev–Trinajstić information content (AvgIpc) is 2.69. The number of aromatic nitrogens is 1. The first-order chi connectivity index (χ1) is 12.6. The molecule has 0 bridgehead atoms. The molecule has 136 valence electrons. The topological polar surface area (TPSA) is 62.3 Å². The molecular weight excluding hydrogens is 326 g/mol. The van der Waals surface area contributed by atoms with E-state index in [0.717, 1.165) is 37.1 Å². The number of likely N-dealkylation sites (tertiary alicyclic amines) is 1. The number of pyridine rings is 1. The third-order valence-electron chi connectivity index (χ3n) is 4.99. The summed E-state index contributed by atoms with van der Waals surface area (Å²) in [5, 5.41) is 2.87. The minimum atomic E-state index is -0.306. The zero-order valence-corrected chi connectivity index (χ0v) is 15.4. The summed E-state index contributed by atoms with van der Waals surface area (Å²) in [7, 11) is 0. The van der Waals surface area contributed by atoms with E-state index in [1.54, 1.807) is 12.1 Å². The number of amides is 2. The summed E-state index contributed by atoms with van der Waals surface area (Å²) in [5.41, 5.74) is 2.50. The Morgan fingerprint density at radius 2 is 2.04 bits per heavy atom. The quantitative estimate of drug-likeness (QED) is 0.904. The highest BCUT2D eigenvalue weighted by Crippen LogP contribution is 2.22. The Morgan fingerprint density at radius 1 is 1.23 bits per heavy atom. The number of hydrogen-bond donors (Lipinski definition) is 1. The third kappa shape index (κ3) is 3.93. The van der Waals surface area contributed by atoms with Gasteiger partial charge in [-0.2, -0.15) is 0 Å². The van der Waals surface area contributed by atoms with Crippen molar-refractivity contribution in [2.75, 3.05) is 11.9 Å². The van der Waals surface area contributed by atoms with Crippen molar-refractivity contribution in [2.45, 2.75) is 45.6 Å². The van der Waals surface area contributed by atoms with Crippen LogP contribution in [0.3, 0.4) is 0 Å². The van der Waals surface area contributed by atoms with Crippen molar-refractivity contribution in [2.24, 2.45) is 0 Å². The first-order valence-electron chi connectivity index (χ1n) is 9.24. The molecule has 0 saturated carbocycles. The number of carbonyl (C=O) groups excluding carboxylic acids is 2. The van der Waals surface area contributed by atoms with E-state index in [9.17, 15) is 9.59 Å². The summed E-state index contributed by atoms with van der Waals surface area (Å²) in [5.74, 6) is -0.316. The fourth-order valence-corrected chi connectivity index (χ4v) is 3.45. The van der Waals surface area contributed by atoms with Crippen LogP contribution in [0.25, 0.3) is 0 Å². The van der Waals surface area contributed by atoms with Gasteiger partial charge in [0.15, 0.2) is 0 Å². The molecule has 1 aromatic heterocycles. The van der Waals surface area contributed by atoms with Crippen LogP contribution in [0.4, 0.5) is 5.69 Å². The van der Waals surface area contributed by atoms with Crippen LogP contribution < -0.4 is 5.32 Å². The zero-order valence-electron chi connectivity index (χ0n) is 15.4. The number of nitrogens with zero attached hydrogens (tertiary/aromatic N) is 2. The fourth-order valence-electron chi connectivity index (χ4n) is 3.45. The Balaban J connectivity index is 1.78. The van der Waals surface area contributed by atoms with Crippen molar-refractivity contribution >= 4 is 17.5 Å². The number of piperidine rings is 1. The SMILES string of the molecule is CCC1CCCCN1C(=O)c1ccnc(C(=O)Nc2ccccc2C)c1. The first kappa shape index (κ1) is 18.1. The molecule has 5 heteroatoms. The highest BCUT2D eigenvalue weighted by molar-refractivity contribution is 6.05. The number of benzene rings is 1. The molecule has 3 rings (SSSR count). The molecule has 1 aromatic carbocycles. The van der Waals surface area contributed by atoms with Gasteiger partial charge in [0.25, 0.3) is 11.8 Å². The van der Waals surface area contributed by atoms with E-state index in [1.165, 1.54) is 12.6 Å². The summed E-state index contributed by atoms with van der Waals surface area (Å²) < 4.78 is 0. The normalized spacial score (nSPS) is 17.0. The standard InChI is InChI=1S/C21H25N3O2/c1-3-17-9-6-7-13-24(17)21(26)16-11-12-22-19(14-16)20(25)23-18-10-5-4-8-15(18)2/h4-5,8,10-12,14,17H,3,6-7,9,13H2,1-2H3,(H,23,25). The number of rotatable bonds is 4. The Bertz CT molecular complexity index is 803. The molecule has 1 saturated heterocycles. The second kappa shape index (κ2) is 8.13. The predicted octanol–water partition coefficient (Wildman–Crippen LogP) is 4.05. The van der Waals surface area contributed by atoms with Gasteiger partial charge in [-0.3, -0.25) is 14.6 Å². The second-order valence-corrected chi connectivity index (χ2v) is 6.76. The first-order valence-corrected chi connectivity index (χ1v) is 9.24. The molecule has 0 spiro atoms. The van der Waals surface area contributed by atoms with Crippen molar-refractivity contribution in [3.05, 3.63) is 59.4 Å². The monoisotopic (exact) mass is 351 g/mol. The summed E-state index contributed by atoms with van der Waals surface area (Å²) in [6.07, 6.45) is 5.74. The molecule has 0 aliphatic carbocycles. The van der Waals surface area contributed by atoms with Gasteiger partial charge in [0.05, 0.1) is 0 Å². The molecule has 1 fully saturated rings. The predicted molar refractivity (Wildman–Crippen MR) is 102 cm³/mol. The summed E-state index contributed by atoms with van der Waals surface area (Å²) >= 11 is 0. The number of aryl methyl sites for hydroxylation is 1. The van der Waals surface area contributed by atoms with Crippen LogP contribution in [0.2, 0.25) is 0 Å². The minimum absolute atomic E-state index is 0.0103. The minimum Gasteiger partial charge on any atom is -0.336 e. The van der Waals surface area contributed by atoms with Crippen LogP contribution in [0.15, 0.2) is 42.6 Å². The molecule has 1 aliphatic rings. The fraction of sp³-hybridized carbons (Fsp3) is 0.381. The molecule has 1 unspecified atom stereocenters. The van der Waals surface area contributed by atoms with Crippen molar-refractivity contribution < 1.29 is 9.59 Å². The Labute approximate surface area is 154 Å². The number of para-hydroxylation sites is 1. The van der Waals surface area contributed by atoms with E-state index in [1.807, 2.05) is 36.1 Å². The lowest BCUT2D eigenvalue weighted by molar-refractivity contribution is 0.0608. The maximum absolute atomic E-state index is 12.9. The van der Waals surface area contributed by atoms with Crippen molar-refractivity contribution in [3.63, 3.8) is 0 Å². The van der Waals surface area contributed by atoms with Crippen molar-refractivity contribution in [3.8, 4) is 0 Å².